The Bertz CT molecular complexity index is 1140. The maximum atomic E-state index is 12.9. The van der Waals surface area contributed by atoms with Crippen LogP contribution in [0.4, 0.5) is 5.69 Å². The number of nitrogens with zero attached hydrogens (tertiary/aromatic N) is 1. The summed E-state index contributed by atoms with van der Waals surface area (Å²) < 4.78 is 5.99. The van der Waals surface area contributed by atoms with Gasteiger partial charge in [-0.15, -0.1) is 0 Å². The smallest absolute Gasteiger partial charge is 0.231 e. The van der Waals surface area contributed by atoms with E-state index in [0.717, 1.165) is 42.6 Å². The van der Waals surface area contributed by atoms with Crippen molar-refractivity contribution in [3.8, 4) is 11.5 Å². The molecule has 1 saturated heterocycles. The fraction of sp³-hybridized carbons (Fsp3) is 0.227. The molecule has 2 aromatic carbocycles. The molecular weight excluding hydrogens is 368 g/mol. The van der Waals surface area contributed by atoms with Crippen LogP contribution in [0.15, 0.2) is 42.3 Å². The second-order valence-corrected chi connectivity index (χ2v) is 7.45. The standard InChI is InChI=1S/C22H22N4O3/c23-14-1-2-15-13(11-25-18(15)10-14)9-20-21(28)16-3-4-19(27)17(22(16)29-20)12-26-7-5-24-6-8-26/h1-4,9-11,24-25,27H,5-8,12,23H2/b20-9-. The number of benzene rings is 2. The number of anilines is 1. The maximum absolute atomic E-state index is 12.9. The van der Waals surface area contributed by atoms with Gasteiger partial charge in [-0.3, -0.25) is 9.69 Å². The number of ether oxygens (including phenoxy) is 1. The van der Waals surface area contributed by atoms with Gasteiger partial charge in [0.05, 0.1) is 11.1 Å². The van der Waals surface area contributed by atoms with Crippen molar-refractivity contribution in [2.24, 2.45) is 0 Å². The van der Waals surface area contributed by atoms with Gasteiger partial charge in [0.1, 0.15) is 11.5 Å². The minimum absolute atomic E-state index is 0.152. The summed E-state index contributed by atoms with van der Waals surface area (Å²) in [6.07, 6.45) is 3.57. The molecule has 0 bridgehead atoms. The number of aromatic amines is 1. The highest BCUT2D eigenvalue weighted by molar-refractivity contribution is 6.15. The molecule has 0 aliphatic carbocycles. The summed E-state index contributed by atoms with van der Waals surface area (Å²) in [4.78, 5) is 18.4. The number of Topliss-reactive ketones (excluding diaryl/α,β-unsaturated/α-hetero) is 1. The molecule has 148 valence electrons. The molecule has 5 N–H and O–H groups in total. The van der Waals surface area contributed by atoms with Gasteiger partial charge in [0.25, 0.3) is 0 Å². The largest absolute Gasteiger partial charge is 0.507 e. The summed E-state index contributed by atoms with van der Waals surface area (Å²) in [5, 5.41) is 14.7. The second kappa shape index (κ2) is 6.95. The number of fused-ring (bicyclic) bond motifs is 2. The molecule has 2 aliphatic rings. The van der Waals surface area contributed by atoms with E-state index in [9.17, 15) is 9.90 Å². The lowest BCUT2D eigenvalue weighted by Crippen LogP contribution is -2.42. The monoisotopic (exact) mass is 390 g/mol. The van der Waals surface area contributed by atoms with Gasteiger partial charge in [0.15, 0.2) is 5.76 Å². The normalized spacial score (nSPS) is 18.3. The number of carbonyl (C=O) groups excluding carboxylic acids is 1. The number of hydrogen-bond acceptors (Lipinski definition) is 6. The van der Waals surface area contributed by atoms with Gasteiger partial charge in [-0.25, -0.2) is 0 Å². The Kier molecular flexibility index (Phi) is 4.26. The van der Waals surface area contributed by atoms with Gasteiger partial charge in [-0.05, 0) is 30.3 Å². The molecule has 1 aromatic heterocycles. The van der Waals surface area contributed by atoms with E-state index in [-0.39, 0.29) is 17.3 Å². The minimum atomic E-state index is -0.175. The van der Waals surface area contributed by atoms with Crippen LogP contribution in [0, 0.1) is 0 Å². The van der Waals surface area contributed by atoms with Crippen LogP contribution in [-0.4, -0.2) is 47.0 Å². The van der Waals surface area contributed by atoms with Crippen LogP contribution in [-0.2, 0) is 6.54 Å². The lowest BCUT2D eigenvalue weighted by atomic mass is 10.0. The van der Waals surface area contributed by atoms with Gasteiger partial charge in [-0.1, -0.05) is 6.07 Å². The first-order valence-electron chi connectivity index (χ1n) is 9.69. The topological polar surface area (TPSA) is 104 Å². The number of H-pyrrole nitrogens is 1. The number of carbonyl (C=O) groups is 1. The lowest BCUT2D eigenvalue weighted by molar-refractivity contribution is 0.101. The highest BCUT2D eigenvalue weighted by atomic mass is 16.5. The van der Waals surface area contributed by atoms with Crippen molar-refractivity contribution in [2.75, 3.05) is 31.9 Å². The SMILES string of the molecule is Nc1ccc2c(/C=C3\Oc4c(ccc(O)c4CN4CCNCC4)C3=O)c[nH]c2c1. The second-order valence-electron chi connectivity index (χ2n) is 7.45. The van der Waals surface area contributed by atoms with Crippen LogP contribution in [0.5, 0.6) is 11.5 Å². The number of phenols is 1. The van der Waals surface area contributed by atoms with Crippen molar-refractivity contribution in [1.82, 2.24) is 15.2 Å². The number of rotatable bonds is 3. The van der Waals surface area contributed by atoms with Crippen LogP contribution in [0.25, 0.3) is 17.0 Å². The Balaban J connectivity index is 1.50. The average molecular weight is 390 g/mol. The summed E-state index contributed by atoms with van der Waals surface area (Å²) >= 11 is 0. The van der Waals surface area contributed by atoms with Gasteiger partial charge in [0, 0.05) is 61.1 Å². The van der Waals surface area contributed by atoms with Crippen molar-refractivity contribution < 1.29 is 14.6 Å². The average Bonchev–Trinajstić information content (AvgIpc) is 3.26. The highest BCUT2D eigenvalue weighted by Crippen LogP contribution is 2.40. The van der Waals surface area contributed by atoms with Gasteiger partial charge >= 0.3 is 0 Å². The molecular formula is C22H22N4O3. The highest BCUT2D eigenvalue weighted by Gasteiger charge is 2.32. The number of nitrogens with one attached hydrogen (secondary N) is 2. The van der Waals surface area contributed by atoms with Gasteiger partial charge in [0.2, 0.25) is 5.78 Å². The number of piperazine rings is 1. The Hall–Kier alpha value is -3.29. The summed E-state index contributed by atoms with van der Waals surface area (Å²) in [7, 11) is 0. The molecule has 2 aliphatic heterocycles. The summed E-state index contributed by atoms with van der Waals surface area (Å²) in [5.41, 5.74) is 9.41. The first-order valence-corrected chi connectivity index (χ1v) is 9.69. The molecule has 0 unspecified atom stereocenters. The van der Waals surface area contributed by atoms with Crippen LogP contribution in [0.3, 0.4) is 0 Å². The van der Waals surface area contributed by atoms with Crippen LogP contribution >= 0.6 is 0 Å². The molecule has 7 nitrogen and oxygen atoms in total. The first-order chi connectivity index (χ1) is 14.1. The van der Waals surface area contributed by atoms with Crippen LogP contribution in [0.1, 0.15) is 21.5 Å². The van der Waals surface area contributed by atoms with Crippen molar-refractivity contribution in [3.05, 3.63) is 59.0 Å². The molecule has 0 radical (unpaired) electrons. The molecule has 3 aromatic rings. The molecule has 5 rings (SSSR count). The number of nitrogens with two attached hydrogens (primary N) is 1. The van der Waals surface area contributed by atoms with Crippen molar-refractivity contribution in [2.45, 2.75) is 6.54 Å². The molecule has 0 saturated carbocycles. The van der Waals surface area contributed by atoms with Crippen LogP contribution in [0.2, 0.25) is 0 Å². The predicted molar refractivity (Wildman–Crippen MR) is 112 cm³/mol. The number of hydrogen-bond donors (Lipinski definition) is 4. The zero-order valence-electron chi connectivity index (χ0n) is 15.9. The van der Waals surface area contributed by atoms with Crippen LogP contribution < -0.4 is 15.8 Å². The Morgan fingerprint density at radius 2 is 2.03 bits per heavy atom. The molecule has 29 heavy (non-hydrogen) atoms. The van der Waals surface area contributed by atoms with E-state index in [1.54, 1.807) is 18.2 Å². The third-order valence-electron chi connectivity index (χ3n) is 5.53. The van der Waals surface area contributed by atoms with Gasteiger partial charge in [-0.2, -0.15) is 0 Å². The maximum Gasteiger partial charge on any atom is 0.231 e. The molecule has 0 spiro atoms. The van der Waals surface area contributed by atoms with E-state index < -0.39 is 0 Å². The van der Waals surface area contributed by atoms with Crippen molar-refractivity contribution in [3.63, 3.8) is 0 Å². The quantitative estimate of drug-likeness (QED) is 0.405. The summed E-state index contributed by atoms with van der Waals surface area (Å²) in [6, 6.07) is 8.81. The first kappa shape index (κ1) is 17.8. The van der Waals surface area contributed by atoms with E-state index in [2.05, 4.69) is 15.2 Å². The third kappa shape index (κ3) is 3.14. The Morgan fingerprint density at radius 3 is 2.86 bits per heavy atom. The minimum Gasteiger partial charge on any atom is -0.507 e. The fourth-order valence-electron chi connectivity index (χ4n) is 3.97. The van der Waals surface area contributed by atoms with E-state index in [1.165, 1.54) is 0 Å². The summed E-state index contributed by atoms with van der Waals surface area (Å²) in [6.45, 7) is 4.14. The van der Waals surface area contributed by atoms with E-state index in [4.69, 9.17) is 10.5 Å². The molecule has 0 atom stereocenters. The van der Waals surface area contributed by atoms with Gasteiger partial charge < -0.3 is 25.9 Å². The number of aromatic hydroxyl groups is 1. The number of allylic oxidation sites excluding steroid dienone is 1. The zero-order valence-corrected chi connectivity index (χ0v) is 15.9. The van der Waals surface area contributed by atoms with Crippen molar-refractivity contribution in [1.29, 1.82) is 0 Å². The van der Waals surface area contributed by atoms with Crippen molar-refractivity contribution >= 4 is 28.4 Å². The number of aromatic nitrogens is 1. The predicted octanol–water partition coefficient (Wildman–Crippen LogP) is 2.48. The van der Waals surface area contributed by atoms with E-state index >= 15 is 0 Å². The third-order valence-corrected chi connectivity index (χ3v) is 5.53. The summed E-state index contributed by atoms with van der Waals surface area (Å²) in [5.74, 6) is 0.694. The number of nitrogen functional groups attached to an aromatic ring is 1. The fourth-order valence-corrected chi connectivity index (χ4v) is 3.97. The molecule has 0 amide bonds. The molecule has 1 fully saturated rings. The zero-order chi connectivity index (χ0) is 20.0. The van der Waals surface area contributed by atoms with E-state index in [0.29, 0.717) is 29.1 Å². The lowest BCUT2D eigenvalue weighted by Gasteiger charge is -2.27. The Labute approximate surface area is 167 Å². The molecule has 3 heterocycles. The Morgan fingerprint density at radius 1 is 1.21 bits per heavy atom. The molecule has 7 heteroatoms. The number of ketones is 1. The van der Waals surface area contributed by atoms with E-state index in [1.807, 2.05) is 24.4 Å². The number of phenolic OH excluding ortho intramolecular Hbond substituents is 1.